The molecule has 3 heteroatoms. The molecule has 10 unspecified atom stereocenters. The lowest BCUT2D eigenvalue weighted by Gasteiger charge is -2.59. The quantitative estimate of drug-likeness (QED) is 0.0405. The number of allylic oxidation sites excluding steroid dienone is 4. The van der Waals surface area contributed by atoms with Crippen LogP contribution in [0.1, 0.15) is 262 Å². The van der Waals surface area contributed by atoms with Crippen LogP contribution >= 0.6 is 45.2 Å². The number of unbranched alkanes of at least 4 members (excludes halogenated alkanes) is 4. The molecule has 0 aromatic rings. The molecule has 0 bridgehead atoms. The van der Waals surface area contributed by atoms with Gasteiger partial charge >= 0.3 is 0 Å². The number of fused-ring (bicyclic) bond motifs is 10. The Morgan fingerprint density at radius 3 is 1.28 bits per heavy atom. The molecule has 6 saturated carbocycles. The number of ether oxygens (including phenoxy) is 1. The summed E-state index contributed by atoms with van der Waals surface area (Å²) in [7, 11) is 0. The van der Waals surface area contributed by atoms with Crippen molar-refractivity contribution in [2.75, 3.05) is 8.86 Å². The molecule has 8 rings (SSSR count). The SMILES string of the molecule is CC(C)CCC[C@@H](C)[C@H]1CCC2C3CC=C4CC(C(CCCCCI)OC(CCCCCI)C5CC[C@@]6(C)C(=CCC7C6CC[C@@]6(C)C7CC[C@@H]6[C@H](C)CCCC(C)C)C5)CC[C@]4(C)C3CC[C@@]21C. The van der Waals surface area contributed by atoms with Crippen LogP contribution in [0.15, 0.2) is 23.3 Å². The average molecular weight is 1180 g/mol. The molecule has 8 aliphatic rings. The van der Waals surface area contributed by atoms with E-state index in [9.17, 15) is 0 Å². The number of hydrogen-bond acceptors (Lipinski definition) is 1. The normalized spacial score (nSPS) is 41.2. The van der Waals surface area contributed by atoms with E-state index in [1.54, 1.807) is 0 Å². The number of hydrogen-bond donors (Lipinski definition) is 0. The first-order valence-electron chi connectivity index (χ1n) is 31.2. The second kappa shape index (κ2) is 24.5. The summed E-state index contributed by atoms with van der Waals surface area (Å²) in [6.45, 7) is 26.1. The molecule has 0 saturated heterocycles. The number of halogens is 2. The van der Waals surface area contributed by atoms with Crippen molar-refractivity contribution in [1.29, 1.82) is 0 Å². The number of alkyl halides is 2. The minimum Gasteiger partial charge on any atom is -0.374 e. The summed E-state index contributed by atoms with van der Waals surface area (Å²) in [4.78, 5) is 0. The first kappa shape index (κ1) is 56.1. The molecular weight excluding hydrogens is 1060 g/mol. The zero-order valence-corrected chi connectivity index (χ0v) is 51.5. The van der Waals surface area contributed by atoms with Gasteiger partial charge in [-0.3, -0.25) is 0 Å². The lowest BCUT2D eigenvalue weighted by molar-refractivity contribution is -0.104. The van der Waals surface area contributed by atoms with Crippen LogP contribution in [0, 0.1) is 105 Å². The van der Waals surface area contributed by atoms with Gasteiger partial charge in [0.25, 0.3) is 0 Å². The molecule has 0 aromatic carbocycles. The maximum Gasteiger partial charge on any atom is 0.0610 e. The third-order valence-corrected chi connectivity index (χ3v) is 25.9. The molecular formula is C66H112I2O. The molecule has 0 aromatic heterocycles. The van der Waals surface area contributed by atoms with E-state index in [0.717, 1.165) is 71.0 Å². The van der Waals surface area contributed by atoms with Crippen LogP contribution in [-0.4, -0.2) is 21.1 Å². The van der Waals surface area contributed by atoms with Crippen molar-refractivity contribution in [1.82, 2.24) is 0 Å². The van der Waals surface area contributed by atoms with Gasteiger partial charge in [-0.15, -0.1) is 0 Å². The zero-order valence-electron chi connectivity index (χ0n) is 47.2. The first-order chi connectivity index (χ1) is 33.1. The molecule has 0 radical (unpaired) electrons. The second-order valence-corrected chi connectivity index (χ2v) is 31.0. The topological polar surface area (TPSA) is 9.23 Å². The molecule has 6 fully saturated rings. The standard InChI is InChI=1S/C66H112I2O/c1-45(2)19-17-21-47(5)55-29-31-57-53-27-25-51-43-49(33-37-63(51,7)59(53)35-39-65(55,57)9)61(23-13-11-15-41-67)69-62(24-14-12-16-42-68)50-34-38-64(8)52(44-50)26-28-54-58-32-30-56(48(6)22-18-20-46(3)4)66(58,10)40-36-60(54)64/h25-26,45-50,53-62H,11-24,27-44H2,1-10H3/t47-,48-,49?,50?,53?,54?,55-,56-,57?,58?,59?,60?,61?,62?,63+,64+,65-,66-/m1/s1. The van der Waals surface area contributed by atoms with E-state index >= 15 is 0 Å². The van der Waals surface area contributed by atoms with Crippen molar-refractivity contribution in [3.8, 4) is 0 Å². The molecule has 69 heavy (non-hydrogen) atoms. The Morgan fingerprint density at radius 2 is 0.884 bits per heavy atom. The molecule has 396 valence electrons. The fourth-order valence-corrected chi connectivity index (χ4v) is 21.4. The highest BCUT2D eigenvalue weighted by Gasteiger charge is 2.61. The summed E-state index contributed by atoms with van der Waals surface area (Å²) >= 11 is 5.23. The van der Waals surface area contributed by atoms with Crippen molar-refractivity contribution >= 4 is 45.2 Å². The van der Waals surface area contributed by atoms with Crippen LogP contribution < -0.4 is 0 Å². The monoisotopic (exact) mass is 1170 g/mol. The van der Waals surface area contributed by atoms with Crippen LogP contribution in [0.3, 0.4) is 0 Å². The zero-order chi connectivity index (χ0) is 49.1. The Kier molecular flexibility index (Phi) is 19.9. The Bertz CT molecular complexity index is 1560. The predicted octanol–water partition coefficient (Wildman–Crippen LogP) is 21.0. The van der Waals surface area contributed by atoms with E-state index in [1.807, 2.05) is 11.1 Å². The minimum absolute atomic E-state index is 0.424. The van der Waals surface area contributed by atoms with E-state index in [-0.39, 0.29) is 0 Å². The van der Waals surface area contributed by atoms with Gasteiger partial charge in [0.15, 0.2) is 0 Å². The molecule has 0 heterocycles. The van der Waals surface area contributed by atoms with Crippen LogP contribution in [0.2, 0.25) is 0 Å². The summed E-state index contributed by atoms with van der Waals surface area (Å²) in [6, 6.07) is 0. The molecule has 0 aliphatic heterocycles. The fraction of sp³-hybridized carbons (Fsp3) is 0.939. The van der Waals surface area contributed by atoms with Gasteiger partial charge in [0.2, 0.25) is 0 Å². The van der Waals surface area contributed by atoms with Gasteiger partial charge in [0.05, 0.1) is 12.2 Å². The Hall–Kier alpha value is 0.900. The minimum atomic E-state index is 0.424. The van der Waals surface area contributed by atoms with Crippen LogP contribution in [-0.2, 0) is 4.74 Å². The lowest BCUT2D eigenvalue weighted by atomic mass is 9.46. The second-order valence-electron chi connectivity index (χ2n) is 28.9. The molecule has 0 spiro atoms. The average Bonchev–Trinajstić information content (AvgIpc) is 3.87. The van der Waals surface area contributed by atoms with Gasteiger partial charge in [-0.1, -0.05) is 202 Å². The number of rotatable bonds is 24. The largest absolute Gasteiger partial charge is 0.374 e. The maximum absolute atomic E-state index is 7.96. The summed E-state index contributed by atoms with van der Waals surface area (Å²) < 4.78 is 10.6. The van der Waals surface area contributed by atoms with Gasteiger partial charge in [-0.05, 0) is 242 Å². The van der Waals surface area contributed by atoms with Crippen molar-refractivity contribution in [2.45, 2.75) is 274 Å². The van der Waals surface area contributed by atoms with E-state index in [2.05, 4.69) is 127 Å². The predicted molar refractivity (Wildman–Crippen MR) is 316 cm³/mol. The van der Waals surface area contributed by atoms with Crippen molar-refractivity contribution < 1.29 is 4.74 Å². The van der Waals surface area contributed by atoms with E-state index in [0.29, 0.717) is 45.7 Å². The van der Waals surface area contributed by atoms with Crippen LogP contribution in [0.4, 0.5) is 0 Å². The molecule has 0 amide bonds. The summed E-state index contributed by atoms with van der Waals surface area (Å²) in [6.07, 6.45) is 49.3. The highest BCUT2D eigenvalue weighted by atomic mass is 127. The van der Waals surface area contributed by atoms with Gasteiger partial charge in [-0.2, -0.15) is 0 Å². The molecule has 18 atom stereocenters. The Morgan fingerprint density at radius 1 is 0.464 bits per heavy atom. The van der Waals surface area contributed by atoms with Gasteiger partial charge in [0.1, 0.15) is 0 Å². The third kappa shape index (κ3) is 11.9. The lowest BCUT2D eigenvalue weighted by Crippen LogP contribution is -2.51. The van der Waals surface area contributed by atoms with Crippen molar-refractivity contribution in [3.63, 3.8) is 0 Å². The fourth-order valence-electron chi connectivity index (χ4n) is 20.3. The van der Waals surface area contributed by atoms with E-state index in [1.165, 1.54) is 201 Å². The van der Waals surface area contributed by atoms with Gasteiger partial charge < -0.3 is 4.74 Å². The van der Waals surface area contributed by atoms with Crippen LogP contribution in [0.25, 0.3) is 0 Å². The summed E-state index contributed by atoms with van der Waals surface area (Å²) in [5, 5.41) is 0. The Labute approximate surface area is 457 Å². The van der Waals surface area contributed by atoms with Gasteiger partial charge in [0, 0.05) is 0 Å². The summed E-state index contributed by atoms with van der Waals surface area (Å²) in [5.74, 6) is 12.4. The summed E-state index contributed by atoms with van der Waals surface area (Å²) in [5.41, 5.74) is 5.80. The highest BCUT2D eigenvalue weighted by molar-refractivity contribution is 14.1. The maximum atomic E-state index is 7.96. The van der Waals surface area contributed by atoms with Crippen LogP contribution in [0.5, 0.6) is 0 Å². The van der Waals surface area contributed by atoms with Crippen molar-refractivity contribution in [3.05, 3.63) is 23.3 Å². The van der Waals surface area contributed by atoms with E-state index < -0.39 is 0 Å². The van der Waals surface area contributed by atoms with Gasteiger partial charge in [-0.25, -0.2) is 0 Å². The Balaban J connectivity index is 0.953. The van der Waals surface area contributed by atoms with Crippen molar-refractivity contribution in [2.24, 2.45) is 105 Å². The molecule has 0 N–H and O–H groups in total. The smallest absolute Gasteiger partial charge is 0.0610 e. The first-order valence-corrected chi connectivity index (χ1v) is 34.3. The molecule has 8 aliphatic carbocycles. The highest BCUT2D eigenvalue weighted by Crippen LogP contribution is 2.70. The molecule has 1 nitrogen and oxygen atoms in total. The van der Waals surface area contributed by atoms with E-state index in [4.69, 9.17) is 4.74 Å². The third-order valence-electron chi connectivity index (χ3n) is 24.3.